The number of halogens is 2. The largest absolute Gasteiger partial charge is 0.478 e. The summed E-state index contributed by atoms with van der Waals surface area (Å²) in [5.74, 6) is -2.18. The quantitative estimate of drug-likeness (QED) is 0.724. The van der Waals surface area contributed by atoms with Gasteiger partial charge < -0.3 is 15.3 Å². The lowest BCUT2D eigenvalue weighted by molar-refractivity contribution is 0.0142. The molecule has 6 heteroatoms. The Balaban J connectivity index is 3.15. The van der Waals surface area contributed by atoms with Gasteiger partial charge in [0.15, 0.2) is 0 Å². The van der Waals surface area contributed by atoms with Crippen LogP contribution < -0.4 is 0 Å². The van der Waals surface area contributed by atoms with Crippen molar-refractivity contribution in [2.45, 2.75) is 18.6 Å². The second-order valence-electron chi connectivity index (χ2n) is 3.50. The first-order chi connectivity index (χ1) is 7.99. The Morgan fingerprint density at radius 1 is 1.41 bits per heavy atom. The van der Waals surface area contributed by atoms with Gasteiger partial charge in [-0.3, -0.25) is 0 Å². The fourth-order valence-electron chi connectivity index (χ4n) is 1.49. The van der Waals surface area contributed by atoms with E-state index in [2.05, 4.69) is 15.9 Å². The first kappa shape index (κ1) is 14.1. The second-order valence-corrected chi connectivity index (χ2v) is 4.29. The van der Waals surface area contributed by atoms with Gasteiger partial charge in [0.1, 0.15) is 11.9 Å². The molecule has 0 bridgehead atoms. The predicted octanol–water partition coefficient (Wildman–Crippen LogP) is 1.70. The van der Waals surface area contributed by atoms with Crippen molar-refractivity contribution < 1.29 is 24.5 Å². The van der Waals surface area contributed by atoms with E-state index in [0.717, 1.165) is 6.07 Å². The summed E-state index contributed by atoms with van der Waals surface area (Å²) in [4.78, 5) is 10.9. The molecule has 0 aliphatic rings. The number of aliphatic hydroxyl groups excluding tert-OH is 2. The molecule has 0 saturated heterocycles. The molecule has 0 heterocycles. The minimum Gasteiger partial charge on any atom is -0.478 e. The fraction of sp³-hybridized carbons (Fsp3) is 0.364. The van der Waals surface area contributed by atoms with E-state index >= 15 is 0 Å². The van der Waals surface area contributed by atoms with E-state index < -0.39 is 24.0 Å². The highest BCUT2D eigenvalue weighted by molar-refractivity contribution is 9.09. The average molecular weight is 307 g/mol. The van der Waals surface area contributed by atoms with Crippen molar-refractivity contribution in [1.29, 1.82) is 0 Å². The van der Waals surface area contributed by atoms with Gasteiger partial charge in [-0.1, -0.05) is 22.0 Å². The summed E-state index contributed by atoms with van der Waals surface area (Å²) in [7, 11) is 0. The normalized spacial score (nSPS) is 14.4. The predicted molar refractivity (Wildman–Crippen MR) is 62.7 cm³/mol. The minimum absolute atomic E-state index is 0.189. The lowest BCUT2D eigenvalue weighted by Crippen LogP contribution is -2.22. The Kier molecular flexibility index (Phi) is 5.04. The summed E-state index contributed by atoms with van der Waals surface area (Å²) in [6.45, 7) is 0. The number of hydrogen-bond donors (Lipinski definition) is 3. The van der Waals surface area contributed by atoms with Crippen LogP contribution in [0.1, 0.15) is 28.4 Å². The van der Waals surface area contributed by atoms with Gasteiger partial charge in [-0.25, -0.2) is 9.18 Å². The van der Waals surface area contributed by atoms with Gasteiger partial charge in [0, 0.05) is 10.9 Å². The van der Waals surface area contributed by atoms with Crippen LogP contribution >= 0.6 is 15.9 Å². The zero-order chi connectivity index (χ0) is 13.0. The highest BCUT2D eigenvalue weighted by atomic mass is 79.9. The van der Waals surface area contributed by atoms with Crippen LogP contribution in [-0.4, -0.2) is 32.7 Å². The summed E-state index contributed by atoms with van der Waals surface area (Å²) < 4.78 is 13.5. The Labute approximate surface area is 106 Å². The van der Waals surface area contributed by atoms with Crippen LogP contribution in [0.5, 0.6) is 0 Å². The summed E-state index contributed by atoms with van der Waals surface area (Å²) in [6, 6.07) is 3.47. The molecule has 0 aromatic heterocycles. The van der Waals surface area contributed by atoms with Gasteiger partial charge in [0.25, 0.3) is 0 Å². The summed E-state index contributed by atoms with van der Waals surface area (Å²) in [5, 5.41) is 28.6. The number of alkyl halides is 1. The van der Waals surface area contributed by atoms with E-state index in [1.807, 2.05) is 0 Å². The number of carboxylic acid groups (broad SMARTS) is 1. The maximum absolute atomic E-state index is 13.5. The molecular weight excluding hydrogens is 295 g/mol. The lowest BCUT2D eigenvalue weighted by Gasteiger charge is -2.19. The molecule has 1 aromatic rings. The van der Waals surface area contributed by atoms with Crippen molar-refractivity contribution in [3.8, 4) is 0 Å². The maximum atomic E-state index is 13.5. The van der Waals surface area contributed by atoms with E-state index in [-0.39, 0.29) is 17.5 Å². The van der Waals surface area contributed by atoms with E-state index in [9.17, 15) is 19.4 Å². The molecule has 2 atom stereocenters. The number of rotatable bonds is 5. The smallest absolute Gasteiger partial charge is 0.336 e. The molecule has 3 N–H and O–H groups in total. The molecule has 0 aliphatic heterocycles. The van der Waals surface area contributed by atoms with E-state index in [0.29, 0.717) is 5.33 Å². The van der Waals surface area contributed by atoms with Gasteiger partial charge in [-0.05, 0) is 18.6 Å². The third kappa shape index (κ3) is 3.24. The van der Waals surface area contributed by atoms with Gasteiger partial charge in [0.05, 0.1) is 11.7 Å². The fourth-order valence-corrected chi connectivity index (χ4v) is 1.96. The zero-order valence-electron chi connectivity index (χ0n) is 8.81. The number of aromatic carboxylic acids is 1. The van der Waals surface area contributed by atoms with Crippen LogP contribution in [0.2, 0.25) is 0 Å². The minimum atomic E-state index is -1.56. The molecule has 0 aliphatic carbocycles. The molecule has 0 fully saturated rings. The van der Waals surface area contributed by atoms with Gasteiger partial charge >= 0.3 is 5.97 Å². The maximum Gasteiger partial charge on any atom is 0.336 e. The van der Waals surface area contributed by atoms with Crippen LogP contribution in [0.4, 0.5) is 4.39 Å². The highest BCUT2D eigenvalue weighted by Crippen LogP contribution is 2.26. The van der Waals surface area contributed by atoms with Crippen LogP contribution in [0.15, 0.2) is 18.2 Å². The lowest BCUT2D eigenvalue weighted by atomic mass is 9.97. The number of carbonyl (C=O) groups is 1. The summed E-state index contributed by atoms with van der Waals surface area (Å²) >= 11 is 3.08. The summed E-state index contributed by atoms with van der Waals surface area (Å²) in [5.41, 5.74) is -0.723. The molecule has 1 rings (SSSR count). The van der Waals surface area contributed by atoms with Crippen molar-refractivity contribution in [3.63, 3.8) is 0 Å². The molecular formula is C11H12BrFO4. The van der Waals surface area contributed by atoms with Gasteiger partial charge in [-0.15, -0.1) is 0 Å². The Morgan fingerprint density at radius 3 is 2.59 bits per heavy atom. The topological polar surface area (TPSA) is 77.8 Å². The monoisotopic (exact) mass is 306 g/mol. The molecule has 0 spiro atoms. The SMILES string of the molecule is O=C(O)c1cccc(F)c1C(O)C(O)CCBr. The van der Waals surface area contributed by atoms with Crippen LogP contribution in [0.25, 0.3) is 0 Å². The van der Waals surface area contributed by atoms with Crippen LogP contribution in [-0.2, 0) is 0 Å². The van der Waals surface area contributed by atoms with Crippen molar-refractivity contribution in [2.24, 2.45) is 0 Å². The van der Waals surface area contributed by atoms with Crippen molar-refractivity contribution in [3.05, 3.63) is 35.1 Å². The van der Waals surface area contributed by atoms with Gasteiger partial charge in [-0.2, -0.15) is 0 Å². The summed E-state index contributed by atoms with van der Waals surface area (Å²) in [6.07, 6.45) is -2.58. The first-order valence-electron chi connectivity index (χ1n) is 4.92. The number of aliphatic hydroxyl groups is 2. The molecule has 4 nitrogen and oxygen atoms in total. The molecule has 0 radical (unpaired) electrons. The number of benzene rings is 1. The van der Waals surface area contributed by atoms with Crippen molar-refractivity contribution in [2.75, 3.05) is 5.33 Å². The van der Waals surface area contributed by atoms with Gasteiger partial charge in [0.2, 0.25) is 0 Å². The second kappa shape index (κ2) is 6.09. The molecule has 0 saturated carbocycles. The third-order valence-corrected chi connectivity index (χ3v) is 2.81. The standard InChI is InChI=1S/C11H12BrFO4/c12-5-4-8(14)10(15)9-6(11(16)17)2-1-3-7(9)13/h1-3,8,10,14-15H,4-5H2,(H,16,17). The molecule has 0 amide bonds. The third-order valence-electron chi connectivity index (χ3n) is 2.35. The zero-order valence-corrected chi connectivity index (χ0v) is 10.4. The van der Waals surface area contributed by atoms with Crippen LogP contribution in [0.3, 0.4) is 0 Å². The Bertz CT molecular complexity index is 410. The Morgan fingerprint density at radius 2 is 2.06 bits per heavy atom. The van der Waals surface area contributed by atoms with E-state index in [4.69, 9.17) is 5.11 Å². The van der Waals surface area contributed by atoms with Crippen molar-refractivity contribution in [1.82, 2.24) is 0 Å². The molecule has 2 unspecified atom stereocenters. The average Bonchev–Trinajstić information content (AvgIpc) is 2.28. The highest BCUT2D eigenvalue weighted by Gasteiger charge is 2.26. The molecule has 17 heavy (non-hydrogen) atoms. The van der Waals surface area contributed by atoms with Crippen molar-refractivity contribution >= 4 is 21.9 Å². The first-order valence-corrected chi connectivity index (χ1v) is 6.05. The molecule has 1 aromatic carbocycles. The number of hydrogen-bond acceptors (Lipinski definition) is 3. The van der Waals surface area contributed by atoms with Crippen LogP contribution in [0, 0.1) is 5.82 Å². The van der Waals surface area contributed by atoms with E-state index in [1.54, 1.807) is 0 Å². The van der Waals surface area contributed by atoms with E-state index in [1.165, 1.54) is 12.1 Å². The molecule has 94 valence electrons. The number of carboxylic acids is 1. The Hall–Kier alpha value is -0.980.